The third-order valence-corrected chi connectivity index (χ3v) is 2.73. The lowest BCUT2D eigenvalue weighted by molar-refractivity contribution is -0.155. The second-order valence-corrected chi connectivity index (χ2v) is 3.53. The first kappa shape index (κ1) is 10.3. The monoisotopic (exact) mass is 184 g/mol. The summed E-state index contributed by atoms with van der Waals surface area (Å²) >= 11 is 0. The molecular weight excluding hydrogens is 168 g/mol. The molecule has 1 heterocycles. The van der Waals surface area contributed by atoms with Gasteiger partial charge in [0.2, 0.25) is 0 Å². The summed E-state index contributed by atoms with van der Waals surface area (Å²) in [6.45, 7) is 4.76. The lowest BCUT2D eigenvalue weighted by Crippen LogP contribution is -2.37. The van der Waals surface area contributed by atoms with E-state index in [0.29, 0.717) is 32.5 Å². The molecule has 0 spiro atoms. The smallest absolute Gasteiger partial charge is 0.309 e. The number of hydrogen-bond donors (Lipinski definition) is 1. The molecule has 74 valence electrons. The van der Waals surface area contributed by atoms with Crippen LogP contribution >= 0.6 is 0 Å². The second kappa shape index (κ2) is 4.42. The van der Waals surface area contributed by atoms with Crippen molar-refractivity contribution in [1.29, 1.82) is 0 Å². The van der Waals surface area contributed by atoms with Gasteiger partial charge in [-0.1, -0.05) is 6.08 Å². The molecule has 1 aliphatic heterocycles. The molecule has 1 N–H and O–H groups in total. The highest BCUT2D eigenvalue weighted by molar-refractivity contribution is 5.74. The Morgan fingerprint density at radius 1 is 1.54 bits per heavy atom. The first-order valence-corrected chi connectivity index (χ1v) is 4.63. The Labute approximate surface area is 78.4 Å². The summed E-state index contributed by atoms with van der Waals surface area (Å²) in [5.74, 6) is -0.683. The van der Waals surface area contributed by atoms with E-state index in [1.807, 2.05) is 0 Å². The van der Waals surface area contributed by atoms with Crippen LogP contribution in [0.3, 0.4) is 0 Å². The molecule has 0 unspecified atom stereocenters. The van der Waals surface area contributed by atoms with E-state index in [1.165, 1.54) is 0 Å². The van der Waals surface area contributed by atoms with Gasteiger partial charge in [-0.05, 0) is 25.7 Å². The van der Waals surface area contributed by atoms with E-state index in [0.717, 1.165) is 6.42 Å². The van der Waals surface area contributed by atoms with Crippen LogP contribution in [0.25, 0.3) is 0 Å². The number of allylic oxidation sites excluding steroid dienone is 1. The van der Waals surface area contributed by atoms with Crippen LogP contribution in [0.5, 0.6) is 0 Å². The SMILES string of the molecule is C=CCCC1(C(=O)O)CCOCC1. The molecule has 3 nitrogen and oxygen atoms in total. The fourth-order valence-corrected chi connectivity index (χ4v) is 1.71. The first-order valence-electron chi connectivity index (χ1n) is 4.63. The summed E-state index contributed by atoms with van der Waals surface area (Å²) in [4.78, 5) is 11.1. The largest absolute Gasteiger partial charge is 0.481 e. The molecule has 0 saturated carbocycles. The minimum absolute atomic E-state index is 0.549. The van der Waals surface area contributed by atoms with E-state index in [-0.39, 0.29) is 0 Å². The molecule has 0 bridgehead atoms. The second-order valence-electron chi connectivity index (χ2n) is 3.53. The number of aliphatic carboxylic acids is 1. The average Bonchev–Trinajstić information content (AvgIpc) is 2.16. The molecule has 0 atom stereocenters. The van der Waals surface area contributed by atoms with Crippen LogP contribution in [0.15, 0.2) is 12.7 Å². The summed E-state index contributed by atoms with van der Waals surface area (Å²) in [6.07, 6.45) is 4.51. The number of carboxylic acid groups (broad SMARTS) is 1. The van der Waals surface area contributed by atoms with Gasteiger partial charge in [-0.2, -0.15) is 0 Å². The van der Waals surface area contributed by atoms with Crippen LogP contribution in [0.4, 0.5) is 0 Å². The molecule has 0 amide bonds. The van der Waals surface area contributed by atoms with E-state index in [2.05, 4.69) is 6.58 Å². The summed E-state index contributed by atoms with van der Waals surface area (Å²) in [6, 6.07) is 0. The molecule has 1 aliphatic rings. The molecular formula is C10H16O3. The maximum absolute atomic E-state index is 11.1. The molecule has 13 heavy (non-hydrogen) atoms. The Kier molecular flexibility index (Phi) is 3.48. The normalized spacial score (nSPS) is 20.9. The first-order chi connectivity index (χ1) is 6.21. The van der Waals surface area contributed by atoms with Gasteiger partial charge in [0.05, 0.1) is 5.41 Å². The van der Waals surface area contributed by atoms with E-state index in [4.69, 9.17) is 9.84 Å². The Bertz CT molecular complexity index is 192. The van der Waals surface area contributed by atoms with Crippen molar-refractivity contribution in [3.63, 3.8) is 0 Å². The van der Waals surface area contributed by atoms with Crippen LogP contribution < -0.4 is 0 Å². The fraction of sp³-hybridized carbons (Fsp3) is 0.700. The van der Waals surface area contributed by atoms with Crippen LogP contribution in [0, 0.1) is 5.41 Å². The summed E-state index contributed by atoms with van der Waals surface area (Å²) in [7, 11) is 0. The van der Waals surface area contributed by atoms with Gasteiger partial charge in [0.15, 0.2) is 0 Å². The van der Waals surface area contributed by atoms with Crippen molar-refractivity contribution in [2.75, 3.05) is 13.2 Å². The average molecular weight is 184 g/mol. The highest BCUT2D eigenvalue weighted by Crippen LogP contribution is 2.35. The minimum Gasteiger partial charge on any atom is -0.481 e. The minimum atomic E-state index is -0.683. The predicted molar refractivity (Wildman–Crippen MR) is 49.6 cm³/mol. The molecule has 1 fully saturated rings. The summed E-state index contributed by atoms with van der Waals surface area (Å²) in [5, 5.41) is 9.13. The topological polar surface area (TPSA) is 46.5 Å². The Hall–Kier alpha value is -0.830. The van der Waals surface area contributed by atoms with Crippen LogP contribution in [-0.4, -0.2) is 24.3 Å². The van der Waals surface area contributed by atoms with Gasteiger partial charge >= 0.3 is 5.97 Å². The Balaban J connectivity index is 2.61. The van der Waals surface area contributed by atoms with Gasteiger partial charge in [-0.3, -0.25) is 4.79 Å². The highest BCUT2D eigenvalue weighted by Gasteiger charge is 2.39. The van der Waals surface area contributed by atoms with Gasteiger partial charge in [-0.25, -0.2) is 0 Å². The fourth-order valence-electron chi connectivity index (χ4n) is 1.71. The van der Waals surface area contributed by atoms with E-state index in [9.17, 15) is 4.79 Å². The van der Waals surface area contributed by atoms with Crippen molar-refractivity contribution in [3.05, 3.63) is 12.7 Å². The van der Waals surface area contributed by atoms with Crippen LogP contribution in [0.2, 0.25) is 0 Å². The summed E-state index contributed by atoms with van der Waals surface area (Å²) < 4.78 is 5.17. The van der Waals surface area contributed by atoms with E-state index >= 15 is 0 Å². The third-order valence-electron chi connectivity index (χ3n) is 2.73. The number of ether oxygens (including phenoxy) is 1. The van der Waals surface area contributed by atoms with Crippen molar-refractivity contribution >= 4 is 5.97 Å². The summed E-state index contributed by atoms with van der Waals surface area (Å²) in [5.41, 5.74) is -0.549. The van der Waals surface area contributed by atoms with Crippen molar-refractivity contribution in [1.82, 2.24) is 0 Å². The van der Waals surface area contributed by atoms with E-state index < -0.39 is 11.4 Å². The van der Waals surface area contributed by atoms with Gasteiger partial charge in [0, 0.05) is 13.2 Å². The van der Waals surface area contributed by atoms with Crippen molar-refractivity contribution in [3.8, 4) is 0 Å². The van der Waals surface area contributed by atoms with Crippen LogP contribution in [0.1, 0.15) is 25.7 Å². The number of rotatable bonds is 4. The van der Waals surface area contributed by atoms with Crippen molar-refractivity contribution in [2.45, 2.75) is 25.7 Å². The van der Waals surface area contributed by atoms with Gasteiger partial charge in [0.25, 0.3) is 0 Å². The zero-order valence-electron chi connectivity index (χ0n) is 7.79. The molecule has 0 aromatic heterocycles. The number of hydrogen-bond acceptors (Lipinski definition) is 2. The lowest BCUT2D eigenvalue weighted by Gasteiger charge is -2.32. The molecule has 0 aromatic carbocycles. The van der Waals surface area contributed by atoms with Gasteiger partial charge in [0.1, 0.15) is 0 Å². The third kappa shape index (κ3) is 2.31. The number of carbonyl (C=O) groups is 1. The molecule has 1 rings (SSSR count). The van der Waals surface area contributed by atoms with Crippen LogP contribution in [-0.2, 0) is 9.53 Å². The van der Waals surface area contributed by atoms with Crippen molar-refractivity contribution < 1.29 is 14.6 Å². The highest BCUT2D eigenvalue weighted by atomic mass is 16.5. The standard InChI is InChI=1S/C10H16O3/c1-2-3-4-10(9(11)12)5-7-13-8-6-10/h2H,1,3-8H2,(H,11,12). The van der Waals surface area contributed by atoms with Gasteiger partial charge in [-0.15, -0.1) is 6.58 Å². The van der Waals surface area contributed by atoms with Gasteiger partial charge < -0.3 is 9.84 Å². The number of carboxylic acids is 1. The van der Waals surface area contributed by atoms with Crippen molar-refractivity contribution in [2.24, 2.45) is 5.41 Å². The maximum Gasteiger partial charge on any atom is 0.309 e. The molecule has 0 radical (unpaired) electrons. The Morgan fingerprint density at radius 2 is 2.15 bits per heavy atom. The quantitative estimate of drug-likeness (QED) is 0.678. The predicted octanol–water partition coefficient (Wildman–Crippen LogP) is 1.83. The zero-order chi connectivity index (χ0) is 9.73. The molecule has 0 aromatic rings. The lowest BCUT2D eigenvalue weighted by atomic mass is 9.76. The zero-order valence-corrected chi connectivity index (χ0v) is 7.79. The molecule has 1 saturated heterocycles. The van der Waals surface area contributed by atoms with E-state index in [1.54, 1.807) is 6.08 Å². The molecule has 0 aliphatic carbocycles. The Morgan fingerprint density at radius 3 is 2.62 bits per heavy atom. The maximum atomic E-state index is 11.1. The molecule has 3 heteroatoms.